The van der Waals surface area contributed by atoms with E-state index >= 15 is 0 Å². The number of hydrogen-bond donors (Lipinski definition) is 1. The summed E-state index contributed by atoms with van der Waals surface area (Å²) in [7, 11) is 3.59. The van der Waals surface area contributed by atoms with Gasteiger partial charge in [0.1, 0.15) is 5.75 Å². The van der Waals surface area contributed by atoms with Crippen molar-refractivity contribution < 1.29 is 14.6 Å². The molecule has 4 nitrogen and oxygen atoms in total. The number of nitrogens with zero attached hydrogens (tertiary/aromatic N) is 1. The van der Waals surface area contributed by atoms with E-state index in [0.29, 0.717) is 5.92 Å². The van der Waals surface area contributed by atoms with E-state index in [1.807, 2.05) is 24.1 Å². The first-order valence-electron chi connectivity index (χ1n) is 8.70. The van der Waals surface area contributed by atoms with Crippen LogP contribution in [0.4, 0.5) is 0 Å². The Hall–Kier alpha value is -2.33. The van der Waals surface area contributed by atoms with Crippen molar-refractivity contribution in [1.82, 2.24) is 4.90 Å². The van der Waals surface area contributed by atoms with Crippen LogP contribution in [0.5, 0.6) is 5.75 Å². The fourth-order valence-corrected chi connectivity index (χ4v) is 4.00. The smallest absolute Gasteiger partial charge is 0.317 e. The number of rotatable bonds is 6. The molecule has 2 aromatic carbocycles. The van der Waals surface area contributed by atoms with Gasteiger partial charge >= 0.3 is 5.97 Å². The molecular weight excluding hydrogens is 314 g/mol. The SMILES string of the molecule is COc1ccc2c(c1)CC[C@H](CN(C)CC(=O)O)[C@@H]2c1ccccc1. The molecule has 132 valence electrons. The molecule has 1 aliphatic rings. The Labute approximate surface area is 149 Å². The summed E-state index contributed by atoms with van der Waals surface area (Å²) in [4.78, 5) is 12.9. The van der Waals surface area contributed by atoms with Gasteiger partial charge in [-0.1, -0.05) is 36.4 Å². The summed E-state index contributed by atoms with van der Waals surface area (Å²) in [6.45, 7) is 0.852. The van der Waals surface area contributed by atoms with Crippen LogP contribution in [0.15, 0.2) is 48.5 Å². The number of carbonyl (C=O) groups is 1. The topological polar surface area (TPSA) is 49.8 Å². The molecule has 0 fully saturated rings. The largest absolute Gasteiger partial charge is 0.497 e. The fourth-order valence-electron chi connectivity index (χ4n) is 4.00. The molecular formula is C21H25NO3. The van der Waals surface area contributed by atoms with Crippen LogP contribution in [0, 0.1) is 5.92 Å². The van der Waals surface area contributed by atoms with Gasteiger partial charge in [0.25, 0.3) is 0 Å². The first-order valence-corrected chi connectivity index (χ1v) is 8.70. The molecule has 1 aliphatic carbocycles. The number of carboxylic acid groups (broad SMARTS) is 1. The number of aryl methyl sites for hydroxylation is 1. The predicted octanol–water partition coefficient (Wildman–Crippen LogP) is 3.41. The van der Waals surface area contributed by atoms with Crippen molar-refractivity contribution in [2.24, 2.45) is 5.92 Å². The minimum absolute atomic E-state index is 0.0769. The van der Waals surface area contributed by atoms with Crippen molar-refractivity contribution in [3.63, 3.8) is 0 Å². The molecule has 0 heterocycles. The Morgan fingerprint density at radius 2 is 2.00 bits per heavy atom. The van der Waals surface area contributed by atoms with Gasteiger partial charge in [-0.05, 0) is 54.6 Å². The second-order valence-corrected chi connectivity index (χ2v) is 6.84. The lowest BCUT2D eigenvalue weighted by molar-refractivity contribution is -0.138. The van der Waals surface area contributed by atoms with Gasteiger partial charge < -0.3 is 9.84 Å². The number of aliphatic carboxylic acids is 1. The summed E-state index contributed by atoms with van der Waals surface area (Å²) in [5, 5.41) is 9.06. The average Bonchev–Trinajstić information content (AvgIpc) is 2.61. The molecule has 0 amide bonds. The van der Waals surface area contributed by atoms with Gasteiger partial charge in [0, 0.05) is 12.5 Å². The average molecular weight is 339 g/mol. The molecule has 4 heteroatoms. The molecule has 0 radical (unpaired) electrons. The third-order valence-corrected chi connectivity index (χ3v) is 5.05. The molecule has 1 N–H and O–H groups in total. The molecule has 2 atom stereocenters. The van der Waals surface area contributed by atoms with Gasteiger partial charge in [0.15, 0.2) is 0 Å². The fraction of sp³-hybridized carbons (Fsp3) is 0.381. The van der Waals surface area contributed by atoms with Gasteiger partial charge in [-0.25, -0.2) is 0 Å². The highest BCUT2D eigenvalue weighted by molar-refractivity contribution is 5.69. The Bertz CT molecular complexity index is 729. The minimum atomic E-state index is -0.778. The van der Waals surface area contributed by atoms with Crippen molar-refractivity contribution >= 4 is 5.97 Å². The van der Waals surface area contributed by atoms with Crippen LogP contribution in [0.1, 0.15) is 29.0 Å². The van der Waals surface area contributed by atoms with Crippen LogP contribution < -0.4 is 4.74 Å². The Balaban J connectivity index is 1.94. The first kappa shape index (κ1) is 17.5. The minimum Gasteiger partial charge on any atom is -0.497 e. The third-order valence-electron chi connectivity index (χ3n) is 5.05. The van der Waals surface area contributed by atoms with Crippen LogP contribution in [0.2, 0.25) is 0 Å². The quantitative estimate of drug-likeness (QED) is 0.876. The molecule has 2 aromatic rings. The monoisotopic (exact) mass is 339 g/mol. The highest BCUT2D eigenvalue weighted by Crippen LogP contribution is 2.42. The lowest BCUT2D eigenvalue weighted by atomic mass is 9.71. The maximum absolute atomic E-state index is 11.0. The number of likely N-dealkylation sites (N-methyl/N-ethyl adjacent to an activating group) is 1. The van der Waals surface area contributed by atoms with Crippen molar-refractivity contribution in [2.75, 3.05) is 27.2 Å². The van der Waals surface area contributed by atoms with E-state index in [1.165, 1.54) is 16.7 Å². The van der Waals surface area contributed by atoms with Crippen LogP contribution in [-0.4, -0.2) is 43.2 Å². The summed E-state index contributed by atoms with van der Waals surface area (Å²) in [5.74, 6) is 0.798. The molecule has 25 heavy (non-hydrogen) atoms. The Kier molecular flexibility index (Phi) is 5.39. The maximum atomic E-state index is 11.0. The van der Waals surface area contributed by atoms with Crippen LogP contribution >= 0.6 is 0 Å². The van der Waals surface area contributed by atoms with E-state index in [4.69, 9.17) is 9.84 Å². The summed E-state index contributed by atoms with van der Waals surface area (Å²) >= 11 is 0. The number of fused-ring (bicyclic) bond motifs is 1. The van der Waals surface area contributed by atoms with E-state index in [9.17, 15) is 4.79 Å². The van der Waals surface area contributed by atoms with Crippen LogP contribution in [-0.2, 0) is 11.2 Å². The standard InChI is InChI=1S/C21H25NO3/c1-22(14-20(23)24)13-17-9-8-16-12-18(25-2)10-11-19(16)21(17)15-6-4-3-5-7-15/h3-7,10-12,17,21H,8-9,13-14H2,1-2H3,(H,23,24)/t17-,21+/m1/s1. The number of benzene rings is 2. The normalized spacial score (nSPS) is 19.5. The van der Waals surface area contributed by atoms with E-state index in [0.717, 1.165) is 25.1 Å². The van der Waals surface area contributed by atoms with E-state index < -0.39 is 5.97 Å². The molecule has 0 aliphatic heterocycles. The van der Waals surface area contributed by atoms with Gasteiger partial charge in [-0.15, -0.1) is 0 Å². The predicted molar refractivity (Wildman–Crippen MR) is 98.2 cm³/mol. The van der Waals surface area contributed by atoms with E-state index in [-0.39, 0.29) is 12.5 Å². The zero-order chi connectivity index (χ0) is 17.8. The van der Waals surface area contributed by atoms with Gasteiger partial charge in [-0.3, -0.25) is 9.69 Å². The molecule has 0 aromatic heterocycles. The number of hydrogen-bond acceptors (Lipinski definition) is 3. The summed E-state index contributed by atoms with van der Waals surface area (Å²) < 4.78 is 5.38. The van der Waals surface area contributed by atoms with Gasteiger partial charge in [0.05, 0.1) is 13.7 Å². The zero-order valence-electron chi connectivity index (χ0n) is 14.8. The van der Waals surface area contributed by atoms with Crippen molar-refractivity contribution in [1.29, 1.82) is 0 Å². The number of methoxy groups -OCH3 is 1. The summed E-state index contributed by atoms with van der Waals surface area (Å²) in [6, 6.07) is 16.9. The summed E-state index contributed by atoms with van der Waals surface area (Å²) in [5.41, 5.74) is 3.97. The van der Waals surface area contributed by atoms with Gasteiger partial charge in [-0.2, -0.15) is 0 Å². The molecule has 3 rings (SSSR count). The second-order valence-electron chi connectivity index (χ2n) is 6.84. The number of ether oxygens (including phenoxy) is 1. The Morgan fingerprint density at radius 3 is 2.68 bits per heavy atom. The molecule has 0 saturated carbocycles. The molecule has 0 saturated heterocycles. The van der Waals surface area contributed by atoms with Crippen molar-refractivity contribution in [3.8, 4) is 5.75 Å². The first-order chi connectivity index (χ1) is 12.1. The zero-order valence-corrected chi connectivity index (χ0v) is 14.8. The third kappa shape index (κ3) is 4.02. The number of carboxylic acids is 1. The van der Waals surface area contributed by atoms with E-state index in [2.05, 4.69) is 36.4 Å². The highest BCUT2D eigenvalue weighted by Gasteiger charge is 2.31. The van der Waals surface area contributed by atoms with Crippen molar-refractivity contribution in [3.05, 3.63) is 65.2 Å². The summed E-state index contributed by atoms with van der Waals surface area (Å²) in [6.07, 6.45) is 2.05. The maximum Gasteiger partial charge on any atom is 0.317 e. The Morgan fingerprint density at radius 1 is 1.24 bits per heavy atom. The van der Waals surface area contributed by atoms with Crippen LogP contribution in [0.25, 0.3) is 0 Å². The van der Waals surface area contributed by atoms with Gasteiger partial charge in [0.2, 0.25) is 0 Å². The van der Waals surface area contributed by atoms with Crippen molar-refractivity contribution in [2.45, 2.75) is 18.8 Å². The highest BCUT2D eigenvalue weighted by atomic mass is 16.5. The lowest BCUT2D eigenvalue weighted by Crippen LogP contribution is -2.35. The van der Waals surface area contributed by atoms with E-state index in [1.54, 1.807) is 7.11 Å². The molecule has 0 bridgehead atoms. The second kappa shape index (κ2) is 7.70. The molecule has 0 unspecified atom stereocenters. The molecule has 0 spiro atoms. The van der Waals surface area contributed by atoms with Crippen LogP contribution in [0.3, 0.4) is 0 Å². The lowest BCUT2D eigenvalue weighted by Gasteiger charge is -2.36.